The first kappa shape index (κ1) is 69.3. The normalized spacial score (nSPS) is 19.0. The Bertz CT molecular complexity index is 2490. The van der Waals surface area contributed by atoms with Crippen molar-refractivity contribution in [3.05, 3.63) is 71.8 Å². The quantitative estimate of drug-likeness (QED) is 0.0409. The van der Waals surface area contributed by atoms with Gasteiger partial charge < -0.3 is 64.6 Å². The van der Waals surface area contributed by atoms with E-state index in [0.717, 1.165) is 4.90 Å². The third-order valence-corrected chi connectivity index (χ3v) is 15.6. The molecule has 2 heterocycles. The first-order chi connectivity index (χ1) is 39.5. The molecule has 0 bridgehead atoms. The van der Waals surface area contributed by atoms with Crippen molar-refractivity contribution in [3.8, 4) is 0 Å². The fourth-order valence-electron chi connectivity index (χ4n) is 10.4. The van der Waals surface area contributed by atoms with E-state index in [4.69, 9.17) is 28.4 Å². The smallest absolute Gasteiger partial charge is 0.412 e. The first-order valence-electron chi connectivity index (χ1n) is 28.4. The molecule has 1 saturated heterocycles. The number of aliphatic hydroxyl groups excluding tert-OH is 1. The molecule has 0 aliphatic carbocycles. The van der Waals surface area contributed by atoms with Gasteiger partial charge in [-0.25, -0.2) is 9.59 Å². The number of amides is 8. The van der Waals surface area contributed by atoms with Crippen LogP contribution in [0.1, 0.15) is 105 Å². The summed E-state index contributed by atoms with van der Waals surface area (Å²) in [5.74, 6) is -4.13. The largest absolute Gasteiger partial charge is 0.445 e. The van der Waals surface area contributed by atoms with Crippen LogP contribution in [0.25, 0.3) is 0 Å². The molecule has 0 radical (unpaired) electrons. The molecule has 8 amide bonds. The second kappa shape index (κ2) is 34.6. The van der Waals surface area contributed by atoms with Gasteiger partial charge >= 0.3 is 12.2 Å². The van der Waals surface area contributed by atoms with Gasteiger partial charge in [-0.3, -0.25) is 39.0 Å². The van der Waals surface area contributed by atoms with Crippen LogP contribution in [0.5, 0.6) is 0 Å². The van der Waals surface area contributed by atoms with Crippen LogP contribution >= 0.6 is 15.9 Å². The standard InChI is InChI=1S/C59H89BrN8O15/c1-13-37(6)52(46(78-11)30-49(71)68-27-17-22-45(68)54(79-12)38(7)55(73)62-39(8)53(72)41-19-15-14-16-20-41)66(9)57(75)50(35(2)3)65-56(74)51(36(4)5)67(10)59(77)82-32-40-23-24-43(44(29-40)63-47(69)25-26-61-48(70)31-60)64-58(76)83-42-21-18-28-80-34-81-33-42/h14-16,18-21,23-24,29,35-39,42,45-46,50-54,72H,13,17,22,25-28,30-34H2,1-12H3,(H,61,70)(H,62,73)(H,63,69)(H,64,76)(H,65,74)/b21-18+/t37-,38+,39+,42?,45-,46+,50-,51-,52-,53+,54+/m0/s1. The van der Waals surface area contributed by atoms with Gasteiger partial charge in [-0.1, -0.05) is 113 Å². The summed E-state index contributed by atoms with van der Waals surface area (Å²) in [6.07, 6.45) is 0.233. The van der Waals surface area contributed by atoms with E-state index in [0.29, 0.717) is 36.9 Å². The maximum absolute atomic E-state index is 14.8. The Kier molecular flexibility index (Phi) is 28.9. The van der Waals surface area contributed by atoms with Crippen LogP contribution < -0.4 is 26.6 Å². The lowest BCUT2D eigenvalue weighted by molar-refractivity contribution is -0.148. The number of halogens is 1. The van der Waals surface area contributed by atoms with Gasteiger partial charge in [-0.05, 0) is 66.9 Å². The fraction of sp³-hybridized carbons (Fsp3) is 0.627. The van der Waals surface area contributed by atoms with Crippen molar-refractivity contribution < 1.29 is 71.9 Å². The minimum Gasteiger partial charge on any atom is -0.445 e. The molecule has 2 aliphatic heterocycles. The number of carbonyl (C=O) groups is 8. The highest BCUT2D eigenvalue weighted by Crippen LogP contribution is 2.31. The van der Waals surface area contributed by atoms with E-state index in [1.54, 1.807) is 88.7 Å². The van der Waals surface area contributed by atoms with Crippen molar-refractivity contribution in [2.24, 2.45) is 23.7 Å². The molecular weight excluding hydrogens is 1140 g/mol. The Labute approximate surface area is 497 Å². The summed E-state index contributed by atoms with van der Waals surface area (Å²) >= 11 is 3.07. The second-order valence-corrected chi connectivity index (χ2v) is 22.4. The van der Waals surface area contributed by atoms with E-state index < -0.39 is 102 Å². The topological polar surface area (TPSA) is 282 Å². The summed E-state index contributed by atoms with van der Waals surface area (Å²) < 4.78 is 33.8. The number of nitrogens with one attached hydrogen (secondary N) is 5. The number of nitrogens with zero attached hydrogens (tertiary/aromatic N) is 3. The molecule has 462 valence electrons. The number of carbonyl (C=O) groups excluding carboxylic acids is 8. The van der Waals surface area contributed by atoms with E-state index in [9.17, 15) is 43.5 Å². The van der Waals surface area contributed by atoms with E-state index in [1.807, 2.05) is 32.0 Å². The van der Waals surface area contributed by atoms with Gasteiger partial charge in [0.05, 0.1) is 78.7 Å². The molecule has 6 N–H and O–H groups in total. The Morgan fingerprint density at radius 2 is 1.55 bits per heavy atom. The summed E-state index contributed by atoms with van der Waals surface area (Å²) in [5, 5.41) is 24.8. The number of hydrogen-bond donors (Lipinski definition) is 6. The second-order valence-electron chi connectivity index (χ2n) is 21.8. The molecule has 2 aromatic carbocycles. The average Bonchev–Trinajstić information content (AvgIpc) is 4.15. The van der Waals surface area contributed by atoms with Crippen molar-refractivity contribution in [2.45, 2.75) is 149 Å². The molecular formula is C59H89BrN8O15. The minimum atomic E-state index is -1.11. The van der Waals surface area contributed by atoms with Gasteiger partial charge in [-0.15, -0.1) is 0 Å². The summed E-state index contributed by atoms with van der Waals surface area (Å²) in [6.45, 7) is 15.0. The van der Waals surface area contributed by atoms with E-state index in [-0.39, 0.29) is 86.3 Å². The Hall–Kier alpha value is -6.18. The number of anilines is 2. The Morgan fingerprint density at radius 1 is 0.843 bits per heavy atom. The monoisotopic (exact) mass is 1230 g/mol. The molecule has 1 unspecified atom stereocenters. The molecule has 0 spiro atoms. The molecule has 0 saturated carbocycles. The zero-order valence-corrected chi connectivity index (χ0v) is 51.7. The number of hydrogen-bond acceptors (Lipinski definition) is 15. The molecule has 4 rings (SSSR count). The maximum Gasteiger partial charge on any atom is 0.412 e. The van der Waals surface area contributed by atoms with Crippen molar-refractivity contribution in [1.29, 1.82) is 0 Å². The fourth-order valence-corrected chi connectivity index (χ4v) is 10.6. The van der Waals surface area contributed by atoms with E-state index in [2.05, 4.69) is 42.5 Å². The van der Waals surface area contributed by atoms with Crippen molar-refractivity contribution in [1.82, 2.24) is 30.7 Å². The maximum atomic E-state index is 14.8. The predicted octanol–water partition coefficient (Wildman–Crippen LogP) is 5.90. The van der Waals surface area contributed by atoms with Gasteiger partial charge in [0.2, 0.25) is 35.4 Å². The van der Waals surface area contributed by atoms with Crippen LogP contribution in [-0.4, -0.2) is 183 Å². The number of aliphatic hydroxyl groups is 1. The van der Waals surface area contributed by atoms with Gasteiger partial charge in [0, 0.05) is 47.8 Å². The lowest BCUT2D eigenvalue weighted by Gasteiger charge is -2.41. The number of likely N-dealkylation sites (N-methyl/N-ethyl adjacent to an activating group) is 2. The molecule has 11 atom stereocenters. The molecule has 2 aliphatic rings. The number of methoxy groups -OCH3 is 2. The summed E-state index contributed by atoms with van der Waals surface area (Å²) in [5.41, 5.74) is 1.37. The highest BCUT2D eigenvalue weighted by molar-refractivity contribution is 9.09. The predicted molar refractivity (Wildman–Crippen MR) is 315 cm³/mol. The van der Waals surface area contributed by atoms with Crippen LogP contribution in [-0.2, 0) is 63.8 Å². The molecule has 0 aromatic heterocycles. The van der Waals surface area contributed by atoms with Crippen LogP contribution in [0.15, 0.2) is 60.7 Å². The number of benzene rings is 2. The highest BCUT2D eigenvalue weighted by atomic mass is 79.9. The van der Waals surface area contributed by atoms with Gasteiger partial charge in [0.15, 0.2) is 0 Å². The summed E-state index contributed by atoms with van der Waals surface area (Å²) in [4.78, 5) is 113. The number of ether oxygens (including phenoxy) is 6. The molecule has 2 aromatic rings. The number of alkyl halides is 1. The lowest BCUT2D eigenvalue weighted by Crippen LogP contribution is -2.60. The molecule has 1 fully saturated rings. The lowest BCUT2D eigenvalue weighted by atomic mass is 9.89. The first-order valence-corrected chi connectivity index (χ1v) is 29.5. The third kappa shape index (κ3) is 20.5. The van der Waals surface area contributed by atoms with Crippen molar-refractivity contribution in [2.75, 3.05) is 77.4 Å². The van der Waals surface area contributed by atoms with Gasteiger partial charge in [-0.2, -0.15) is 0 Å². The van der Waals surface area contributed by atoms with Crippen LogP contribution in [0.2, 0.25) is 0 Å². The average molecular weight is 1230 g/mol. The minimum absolute atomic E-state index is 0.0282. The van der Waals surface area contributed by atoms with E-state index >= 15 is 0 Å². The Morgan fingerprint density at radius 3 is 2.19 bits per heavy atom. The van der Waals surface area contributed by atoms with Gasteiger partial charge in [0.1, 0.15) is 31.6 Å². The SMILES string of the molecule is CC[C@H](C)[C@@H]([C@@H](CC(=O)N1CCC[C@H]1[C@H](OC)[C@@H](C)C(=O)N[C@H](C)[C@@H](O)c1ccccc1)OC)N(C)C(=O)[C@@H](NC(=O)[C@H](C(C)C)N(C)C(=O)OCc1ccc(NC(=O)OC2/C=C/COCOC2)c(NC(=O)CCNC(=O)CBr)c1)C(C)C. The van der Waals surface area contributed by atoms with Crippen LogP contribution in [0.4, 0.5) is 21.0 Å². The highest BCUT2D eigenvalue weighted by Gasteiger charge is 2.44. The van der Waals surface area contributed by atoms with Crippen molar-refractivity contribution in [3.63, 3.8) is 0 Å². The molecule has 24 heteroatoms. The Balaban J connectivity index is 1.46. The number of rotatable bonds is 29. The van der Waals surface area contributed by atoms with Gasteiger partial charge in [0.25, 0.3) is 0 Å². The molecule has 83 heavy (non-hydrogen) atoms. The van der Waals surface area contributed by atoms with Crippen LogP contribution in [0, 0.1) is 23.7 Å². The zero-order chi connectivity index (χ0) is 61.5. The zero-order valence-electron chi connectivity index (χ0n) is 50.1. The number of likely N-dealkylation sites (tertiary alicyclic amines) is 1. The van der Waals surface area contributed by atoms with E-state index in [1.165, 1.54) is 33.4 Å². The van der Waals surface area contributed by atoms with Crippen molar-refractivity contribution >= 4 is 74.9 Å². The summed E-state index contributed by atoms with van der Waals surface area (Å²) in [7, 11) is 6.07. The summed E-state index contributed by atoms with van der Waals surface area (Å²) in [6, 6.07) is 9.79. The molecule has 23 nitrogen and oxygen atoms in total. The van der Waals surface area contributed by atoms with Crippen LogP contribution in [0.3, 0.4) is 0 Å². The third-order valence-electron chi connectivity index (χ3n) is 15.1.